The molecule has 0 spiro atoms. The Kier molecular flexibility index (Phi) is 4.52. The highest BCUT2D eigenvalue weighted by atomic mass is 16.4. The Morgan fingerprint density at radius 1 is 1.30 bits per heavy atom. The number of carboxylic acids is 1. The van der Waals surface area contributed by atoms with Crippen LogP contribution < -0.4 is 0 Å². The molecule has 2 amide bonds. The van der Waals surface area contributed by atoms with Crippen molar-refractivity contribution in [3.8, 4) is 0 Å². The lowest BCUT2D eigenvalue weighted by molar-refractivity contribution is -0.147. The topological polar surface area (TPSA) is 81.1 Å². The summed E-state index contributed by atoms with van der Waals surface area (Å²) in [5.74, 6) is -0.922. The van der Waals surface area contributed by atoms with Crippen LogP contribution in [0.5, 0.6) is 0 Å². The summed E-state index contributed by atoms with van der Waals surface area (Å²) in [4.78, 5) is 27.5. The molecule has 2 fully saturated rings. The molecule has 2 heterocycles. The number of carbonyl (C=O) groups is 2. The zero-order valence-corrected chi connectivity index (χ0v) is 12.0. The summed E-state index contributed by atoms with van der Waals surface area (Å²) < 4.78 is 0. The van der Waals surface area contributed by atoms with Gasteiger partial charge in [0.1, 0.15) is 5.54 Å². The number of aliphatic hydroxyl groups is 1. The van der Waals surface area contributed by atoms with Gasteiger partial charge in [-0.25, -0.2) is 9.59 Å². The minimum Gasteiger partial charge on any atom is -0.480 e. The Bertz CT molecular complexity index is 387. The van der Waals surface area contributed by atoms with Crippen molar-refractivity contribution in [2.24, 2.45) is 0 Å². The molecule has 0 radical (unpaired) electrons. The van der Waals surface area contributed by atoms with Crippen molar-refractivity contribution in [2.75, 3.05) is 19.7 Å². The van der Waals surface area contributed by atoms with E-state index in [4.69, 9.17) is 5.11 Å². The minimum atomic E-state index is -1.07. The fraction of sp³-hybridized carbons (Fsp3) is 0.857. The maximum Gasteiger partial charge on any atom is 0.329 e. The molecule has 0 aromatic heterocycles. The molecule has 2 atom stereocenters. The summed E-state index contributed by atoms with van der Waals surface area (Å²) in [6.07, 6.45) is 4.64. The highest BCUT2D eigenvalue weighted by Gasteiger charge is 2.48. The van der Waals surface area contributed by atoms with Gasteiger partial charge in [-0.1, -0.05) is 0 Å². The summed E-state index contributed by atoms with van der Waals surface area (Å²) >= 11 is 0. The number of carbonyl (C=O) groups excluding carboxylic acids is 1. The molecular formula is C14H24N2O4. The van der Waals surface area contributed by atoms with Gasteiger partial charge < -0.3 is 20.0 Å². The largest absolute Gasteiger partial charge is 0.480 e. The normalized spacial score (nSPS) is 30.0. The molecule has 2 aliphatic heterocycles. The third-order valence-corrected chi connectivity index (χ3v) is 4.65. The molecule has 6 heteroatoms. The maximum atomic E-state index is 12.7. The van der Waals surface area contributed by atoms with Crippen LogP contribution in [0.1, 0.15) is 45.4 Å². The van der Waals surface area contributed by atoms with Crippen molar-refractivity contribution in [1.29, 1.82) is 0 Å². The van der Waals surface area contributed by atoms with E-state index in [-0.39, 0.29) is 18.7 Å². The van der Waals surface area contributed by atoms with Gasteiger partial charge in [0.2, 0.25) is 0 Å². The number of aliphatic carboxylic acids is 1. The van der Waals surface area contributed by atoms with Crippen molar-refractivity contribution in [1.82, 2.24) is 9.80 Å². The minimum absolute atomic E-state index is 0.134. The van der Waals surface area contributed by atoms with Gasteiger partial charge >= 0.3 is 12.0 Å². The van der Waals surface area contributed by atoms with Crippen LogP contribution in [-0.4, -0.2) is 63.3 Å². The van der Waals surface area contributed by atoms with Crippen LogP contribution in [0.2, 0.25) is 0 Å². The van der Waals surface area contributed by atoms with Gasteiger partial charge in [0.25, 0.3) is 0 Å². The SMILES string of the molecule is CC1(C(=O)O)CCCN1C(=O)N1CCCC1CCCO. The molecule has 0 saturated carbocycles. The quantitative estimate of drug-likeness (QED) is 0.815. The zero-order chi connectivity index (χ0) is 14.8. The number of hydrogen-bond donors (Lipinski definition) is 2. The number of amides is 2. The van der Waals surface area contributed by atoms with Crippen LogP contribution in [0.15, 0.2) is 0 Å². The highest BCUT2D eigenvalue weighted by molar-refractivity contribution is 5.87. The van der Waals surface area contributed by atoms with Crippen molar-refractivity contribution in [2.45, 2.75) is 57.0 Å². The van der Waals surface area contributed by atoms with Gasteiger partial charge in [-0.05, 0) is 45.4 Å². The molecule has 6 nitrogen and oxygen atoms in total. The molecule has 2 saturated heterocycles. The predicted molar refractivity (Wildman–Crippen MR) is 73.4 cm³/mol. The van der Waals surface area contributed by atoms with E-state index in [9.17, 15) is 14.7 Å². The van der Waals surface area contributed by atoms with E-state index in [0.29, 0.717) is 25.9 Å². The molecule has 0 bridgehead atoms. The number of urea groups is 1. The maximum absolute atomic E-state index is 12.7. The monoisotopic (exact) mass is 284 g/mol. The molecule has 2 N–H and O–H groups in total. The van der Waals surface area contributed by atoms with E-state index in [0.717, 1.165) is 25.7 Å². The average Bonchev–Trinajstić information content (AvgIpc) is 3.02. The van der Waals surface area contributed by atoms with E-state index in [1.807, 2.05) is 4.90 Å². The van der Waals surface area contributed by atoms with Crippen molar-refractivity contribution in [3.63, 3.8) is 0 Å². The fourth-order valence-corrected chi connectivity index (χ4v) is 3.36. The summed E-state index contributed by atoms with van der Waals surface area (Å²) in [6, 6.07) is 0.00105. The standard InChI is InChI=1S/C14H24N2O4/c1-14(12(18)19)7-4-9-16(14)13(20)15-8-2-5-11(15)6-3-10-17/h11,17H,2-10H2,1H3,(H,18,19). The molecule has 114 valence electrons. The number of nitrogens with zero attached hydrogens (tertiary/aromatic N) is 2. The zero-order valence-electron chi connectivity index (χ0n) is 12.0. The molecule has 20 heavy (non-hydrogen) atoms. The predicted octanol–water partition coefficient (Wildman–Crippen LogP) is 1.28. The van der Waals surface area contributed by atoms with Crippen molar-refractivity contribution in [3.05, 3.63) is 0 Å². The van der Waals surface area contributed by atoms with E-state index in [1.165, 1.54) is 4.90 Å². The van der Waals surface area contributed by atoms with Crippen LogP contribution in [0.3, 0.4) is 0 Å². The number of hydrogen-bond acceptors (Lipinski definition) is 3. The number of carboxylic acid groups (broad SMARTS) is 1. The van der Waals surface area contributed by atoms with E-state index >= 15 is 0 Å². The van der Waals surface area contributed by atoms with Crippen LogP contribution in [-0.2, 0) is 4.79 Å². The molecule has 2 aliphatic rings. The van der Waals surface area contributed by atoms with E-state index in [1.54, 1.807) is 6.92 Å². The van der Waals surface area contributed by atoms with Gasteiger partial charge in [-0.2, -0.15) is 0 Å². The highest BCUT2D eigenvalue weighted by Crippen LogP contribution is 2.32. The Balaban J connectivity index is 2.08. The van der Waals surface area contributed by atoms with Gasteiger partial charge in [-0.15, -0.1) is 0 Å². The second-order valence-electron chi connectivity index (χ2n) is 5.97. The lowest BCUT2D eigenvalue weighted by Gasteiger charge is -2.36. The molecule has 0 aromatic rings. The molecular weight excluding hydrogens is 260 g/mol. The van der Waals surface area contributed by atoms with Crippen LogP contribution >= 0.6 is 0 Å². The summed E-state index contributed by atoms with van der Waals surface area (Å²) in [5.41, 5.74) is -1.07. The summed E-state index contributed by atoms with van der Waals surface area (Å²) in [6.45, 7) is 2.99. The Hall–Kier alpha value is -1.30. The molecule has 2 rings (SSSR count). The van der Waals surface area contributed by atoms with Gasteiger partial charge in [0, 0.05) is 25.7 Å². The average molecular weight is 284 g/mol. The van der Waals surface area contributed by atoms with Crippen molar-refractivity contribution >= 4 is 12.0 Å². The summed E-state index contributed by atoms with van der Waals surface area (Å²) in [5, 5.41) is 18.3. The van der Waals surface area contributed by atoms with E-state index in [2.05, 4.69) is 0 Å². The third-order valence-electron chi connectivity index (χ3n) is 4.65. The first-order valence-electron chi connectivity index (χ1n) is 7.43. The lowest BCUT2D eigenvalue weighted by Crippen LogP contribution is -2.55. The Labute approximate surface area is 119 Å². The molecule has 2 unspecified atom stereocenters. The van der Waals surface area contributed by atoms with Gasteiger partial charge in [-0.3, -0.25) is 0 Å². The first kappa shape index (κ1) is 15.1. The van der Waals surface area contributed by atoms with Crippen LogP contribution in [0.25, 0.3) is 0 Å². The second kappa shape index (κ2) is 5.99. The van der Waals surface area contributed by atoms with Gasteiger partial charge in [0.15, 0.2) is 0 Å². The second-order valence-corrected chi connectivity index (χ2v) is 5.97. The lowest BCUT2D eigenvalue weighted by atomic mass is 9.99. The number of rotatable bonds is 4. The van der Waals surface area contributed by atoms with Crippen LogP contribution in [0.4, 0.5) is 4.79 Å². The number of aliphatic hydroxyl groups excluding tert-OH is 1. The first-order chi connectivity index (χ1) is 9.50. The molecule has 0 aliphatic carbocycles. The van der Waals surface area contributed by atoms with Gasteiger partial charge in [0.05, 0.1) is 0 Å². The summed E-state index contributed by atoms with van der Waals surface area (Å²) in [7, 11) is 0. The third kappa shape index (κ3) is 2.61. The van der Waals surface area contributed by atoms with Crippen LogP contribution in [0, 0.1) is 0 Å². The van der Waals surface area contributed by atoms with E-state index < -0.39 is 11.5 Å². The Morgan fingerprint density at radius 2 is 2.05 bits per heavy atom. The fourth-order valence-electron chi connectivity index (χ4n) is 3.36. The number of likely N-dealkylation sites (tertiary alicyclic amines) is 2. The first-order valence-corrected chi connectivity index (χ1v) is 7.43. The smallest absolute Gasteiger partial charge is 0.329 e. The molecule has 0 aromatic carbocycles. The Morgan fingerprint density at radius 3 is 2.70 bits per heavy atom. The van der Waals surface area contributed by atoms with Crippen molar-refractivity contribution < 1.29 is 19.8 Å².